The van der Waals surface area contributed by atoms with Crippen molar-refractivity contribution in [3.05, 3.63) is 23.8 Å². The van der Waals surface area contributed by atoms with Crippen molar-refractivity contribution in [2.45, 2.75) is 44.6 Å². The lowest BCUT2D eigenvalue weighted by molar-refractivity contribution is -0.123. The van der Waals surface area contributed by atoms with Gasteiger partial charge in [0, 0.05) is 16.7 Å². The van der Waals surface area contributed by atoms with Crippen molar-refractivity contribution in [2.24, 2.45) is 0 Å². The van der Waals surface area contributed by atoms with Gasteiger partial charge in [0.15, 0.2) is 6.61 Å². The second kappa shape index (κ2) is 7.66. The van der Waals surface area contributed by atoms with Crippen LogP contribution in [0.3, 0.4) is 0 Å². The van der Waals surface area contributed by atoms with Gasteiger partial charge in [0.05, 0.1) is 4.90 Å². The van der Waals surface area contributed by atoms with Crippen LogP contribution < -0.4 is 10.1 Å². The number of nitrogens with one attached hydrogen (secondary N) is 1. The predicted octanol–water partition coefficient (Wildman–Crippen LogP) is 2.61. The van der Waals surface area contributed by atoms with Crippen LogP contribution in [-0.2, 0) is 13.8 Å². The number of ether oxygens (including phenoxy) is 1. The summed E-state index contributed by atoms with van der Waals surface area (Å²) in [5.74, 6) is 0.252. The Balaban J connectivity index is 2.62. The van der Waals surface area contributed by atoms with Crippen molar-refractivity contribution < 1.29 is 17.9 Å². The normalized spacial score (nSPS) is 12.8. The molecule has 1 unspecified atom stereocenters. The Hall–Kier alpha value is -1.27. The molecule has 0 saturated carbocycles. The molecule has 1 N–H and O–H groups in total. The van der Waals surface area contributed by atoms with Crippen LogP contribution >= 0.6 is 10.7 Å². The number of carbonyl (C=O) groups excluding carboxylic acids is 1. The van der Waals surface area contributed by atoms with Crippen LogP contribution in [0.15, 0.2) is 23.1 Å². The average molecular weight is 334 g/mol. The largest absolute Gasteiger partial charge is 0.484 e. The van der Waals surface area contributed by atoms with Gasteiger partial charge >= 0.3 is 0 Å². The van der Waals surface area contributed by atoms with Gasteiger partial charge in [-0.2, -0.15) is 0 Å². The molecule has 0 saturated heterocycles. The highest BCUT2D eigenvalue weighted by atomic mass is 35.7. The monoisotopic (exact) mass is 333 g/mol. The molecule has 1 amide bonds. The third-order valence-corrected chi connectivity index (χ3v) is 4.27. The second-order valence-corrected chi connectivity index (χ2v) is 7.48. The molecular formula is C14H20ClNO4S. The molecule has 0 bridgehead atoms. The molecule has 0 spiro atoms. The van der Waals surface area contributed by atoms with E-state index in [1.165, 1.54) is 18.2 Å². The first kappa shape index (κ1) is 17.8. The molecule has 0 aliphatic heterocycles. The maximum atomic E-state index is 11.7. The number of carbonyl (C=O) groups is 1. The maximum absolute atomic E-state index is 11.7. The highest BCUT2D eigenvalue weighted by Gasteiger charge is 2.13. The number of hydrogen-bond donors (Lipinski definition) is 1. The minimum Gasteiger partial charge on any atom is -0.484 e. The van der Waals surface area contributed by atoms with Gasteiger partial charge in [-0.05, 0) is 44.0 Å². The summed E-state index contributed by atoms with van der Waals surface area (Å²) in [7, 11) is 1.51. The number of aryl methyl sites for hydroxylation is 1. The fourth-order valence-electron chi connectivity index (χ4n) is 1.90. The number of halogens is 1. The quantitative estimate of drug-likeness (QED) is 0.778. The van der Waals surface area contributed by atoms with Gasteiger partial charge in [0.2, 0.25) is 0 Å². The smallest absolute Gasteiger partial charge is 0.261 e. The lowest BCUT2D eigenvalue weighted by Crippen LogP contribution is -2.36. The van der Waals surface area contributed by atoms with E-state index in [1.807, 2.05) is 6.92 Å². The first-order valence-electron chi connectivity index (χ1n) is 6.71. The number of benzene rings is 1. The van der Waals surface area contributed by atoms with E-state index in [4.69, 9.17) is 15.4 Å². The molecule has 0 fully saturated rings. The molecule has 0 heterocycles. The fourth-order valence-corrected chi connectivity index (χ4v) is 2.74. The molecule has 0 radical (unpaired) electrons. The van der Waals surface area contributed by atoms with E-state index in [1.54, 1.807) is 6.92 Å². The van der Waals surface area contributed by atoms with Crippen LogP contribution in [0.1, 0.15) is 32.3 Å². The minimum atomic E-state index is -3.76. The Morgan fingerprint density at radius 2 is 2.10 bits per heavy atom. The molecular weight excluding hydrogens is 314 g/mol. The summed E-state index contributed by atoms with van der Waals surface area (Å²) in [5, 5.41) is 2.83. The predicted molar refractivity (Wildman–Crippen MR) is 82.2 cm³/mol. The Morgan fingerprint density at radius 3 is 2.62 bits per heavy atom. The zero-order valence-electron chi connectivity index (χ0n) is 12.3. The van der Waals surface area contributed by atoms with Gasteiger partial charge in [-0.15, -0.1) is 0 Å². The van der Waals surface area contributed by atoms with Crippen LogP contribution in [-0.4, -0.2) is 27.0 Å². The van der Waals surface area contributed by atoms with Crippen LogP contribution in [0.25, 0.3) is 0 Å². The number of hydrogen-bond acceptors (Lipinski definition) is 4. The lowest BCUT2D eigenvalue weighted by atomic mass is 10.2. The molecule has 0 aromatic heterocycles. The topological polar surface area (TPSA) is 72.5 Å². The third kappa shape index (κ3) is 5.93. The maximum Gasteiger partial charge on any atom is 0.261 e. The average Bonchev–Trinajstić information content (AvgIpc) is 2.36. The summed E-state index contributed by atoms with van der Waals surface area (Å²) < 4.78 is 27.8. The van der Waals surface area contributed by atoms with E-state index < -0.39 is 9.05 Å². The molecule has 0 aliphatic carbocycles. The summed E-state index contributed by atoms with van der Waals surface area (Å²) in [6, 6.07) is 4.36. The number of rotatable bonds is 7. The van der Waals surface area contributed by atoms with Gasteiger partial charge in [-0.3, -0.25) is 4.79 Å². The van der Waals surface area contributed by atoms with E-state index in [-0.39, 0.29) is 23.5 Å². The van der Waals surface area contributed by atoms with Crippen molar-refractivity contribution in [1.82, 2.24) is 5.32 Å². The van der Waals surface area contributed by atoms with Gasteiger partial charge in [-0.25, -0.2) is 8.42 Å². The van der Waals surface area contributed by atoms with E-state index in [0.29, 0.717) is 11.3 Å². The summed E-state index contributed by atoms with van der Waals surface area (Å²) in [4.78, 5) is 11.7. The van der Waals surface area contributed by atoms with Gasteiger partial charge in [-0.1, -0.05) is 13.3 Å². The summed E-state index contributed by atoms with van der Waals surface area (Å²) in [6.45, 7) is 5.57. The first-order chi connectivity index (χ1) is 9.74. The zero-order chi connectivity index (χ0) is 16.0. The standard InChI is InChI=1S/C14H20ClNO4S/c1-4-5-11(3)16-14(17)9-20-13-7-6-12(8-10(13)2)21(15,18)19/h6-8,11H,4-5,9H2,1-3H3,(H,16,17). The zero-order valence-corrected chi connectivity index (χ0v) is 13.9. The fraction of sp³-hybridized carbons (Fsp3) is 0.500. The number of amides is 1. The van der Waals surface area contributed by atoms with Crippen LogP contribution in [0, 0.1) is 6.92 Å². The molecule has 7 heteroatoms. The van der Waals surface area contributed by atoms with E-state index in [0.717, 1.165) is 12.8 Å². The van der Waals surface area contributed by atoms with E-state index >= 15 is 0 Å². The Morgan fingerprint density at radius 1 is 1.43 bits per heavy atom. The van der Waals surface area contributed by atoms with Crippen LogP contribution in [0.2, 0.25) is 0 Å². The molecule has 1 atom stereocenters. The highest BCUT2D eigenvalue weighted by Crippen LogP contribution is 2.23. The molecule has 1 aromatic carbocycles. The summed E-state index contributed by atoms with van der Waals surface area (Å²) in [5.41, 5.74) is 0.603. The summed E-state index contributed by atoms with van der Waals surface area (Å²) >= 11 is 0. The molecule has 0 aliphatic rings. The van der Waals surface area contributed by atoms with Gasteiger partial charge < -0.3 is 10.1 Å². The minimum absolute atomic E-state index is 0.00929. The van der Waals surface area contributed by atoms with Gasteiger partial charge in [0.1, 0.15) is 5.75 Å². The molecule has 1 rings (SSSR count). The molecule has 21 heavy (non-hydrogen) atoms. The van der Waals surface area contributed by atoms with Crippen molar-refractivity contribution in [3.8, 4) is 5.75 Å². The lowest BCUT2D eigenvalue weighted by Gasteiger charge is -2.14. The van der Waals surface area contributed by atoms with Crippen LogP contribution in [0.5, 0.6) is 5.75 Å². The Kier molecular flexibility index (Phi) is 6.48. The molecule has 118 valence electrons. The van der Waals surface area contributed by atoms with Crippen molar-refractivity contribution in [2.75, 3.05) is 6.61 Å². The molecule has 5 nitrogen and oxygen atoms in total. The van der Waals surface area contributed by atoms with Crippen molar-refractivity contribution in [3.63, 3.8) is 0 Å². The second-order valence-electron chi connectivity index (χ2n) is 4.91. The van der Waals surface area contributed by atoms with Crippen molar-refractivity contribution in [1.29, 1.82) is 0 Å². The Bertz CT molecular complexity index is 601. The Labute approximate surface area is 130 Å². The van der Waals surface area contributed by atoms with Gasteiger partial charge in [0.25, 0.3) is 15.0 Å². The van der Waals surface area contributed by atoms with Crippen molar-refractivity contribution >= 4 is 25.6 Å². The van der Waals surface area contributed by atoms with E-state index in [9.17, 15) is 13.2 Å². The summed E-state index contributed by atoms with van der Waals surface area (Å²) in [6.07, 6.45) is 1.91. The third-order valence-electron chi connectivity index (χ3n) is 2.92. The first-order valence-corrected chi connectivity index (χ1v) is 9.02. The molecule has 1 aromatic rings. The van der Waals surface area contributed by atoms with Crippen LogP contribution in [0.4, 0.5) is 0 Å². The SMILES string of the molecule is CCCC(C)NC(=O)COc1ccc(S(=O)(=O)Cl)cc1C. The highest BCUT2D eigenvalue weighted by molar-refractivity contribution is 8.13. The van der Waals surface area contributed by atoms with E-state index in [2.05, 4.69) is 12.2 Å².